The fourth-order valence-corrected chi connectivity index (χ4v) is 1.50. The van der Waals surface area contributed by atoms with E-state index in [1.54, 1.807) is 12.3 Å². The van der Waals surface area contributed by atoms with Gasteiger partial charge in [-0.1, -0.05) is 0 Å². The zero-order valence-corrected chi connectivity index (χ0v) is 10.3. The highest BCUT2D eigenvalue weighted by Crippen LogP contribution is 2.13. The Bertz CT molecular complexity index is 532. The fraction of sp³-hybridized carbons (Fsp3) is 0.231. The molecule has 0 unspecified atom stereocenters. The first-order chi connectivity index (χ1) is 9.13. The number of nitrogens with one attached hydrogen (secondary N) is 1. The van der Waals surface area contributed by atoms with Crippen LogP contribution in [0, 0.1) is 6.92 Å². The number of aromatic nitrogens is 2. The number of aryl methyl sites for hydroxylation is 1. The molecule has 100 valence electrons. The lowest BCUT2D eigenvalue weighted by atomic mass is 10.3. The molecule has 2 heterocycles. The largest absolute Gasteiger partial charge is 0.433 e. The maximum absolute atomic E-state index is 12.0. The smallest absolute Gasteiger partial charge is 0.387 e. The molecule has 0 aromatic carbocycles. The standard InChI is InChI=1S/C13H13F2N3O/c1-9-4-5-16-12(6-9)18-7-10-2-3-11(8-17-10)19-13(14)15/h2-6,8,13H,7H2,1H3,(H,16,18). The van der Waals surface area contributed by atoms with Gasteiger partial charge in [-0.2, -0.15) is 8.78 Å². The topological polar surface area (TPSA) is 47.0 Å². The van der Waals surface area contributed by atoms with Crippen molar-refractivity contribution in [3.8, 4) is 5.75 Å². The van der Waals surface area contributed by atoms with Gasteiger partial charge >= 0.3 is 6.61 Å². The molecule has 19 heavy (non-hydrogen) atoms. The van der Waals surface area contributed by atoms with Crippen LogP contribution in [0.2, 0.25) is 0 Å². The lowest BCUT2D eigenvalue weighted by Crippen LogP contribution is -2.05. The number of pyridine rings is 2. The van der Waals surface area contributed by atoms with Crippen molar-refractivity contribution in [2.45, 2.75) is 20.1 Å². The summed E-state index contributed by atoms with van der Waals surface area (Å²) in [6, 6.07) is 6.90. The van der Waals surface area contributed by atoms with E-state index in [1.807, 2.05) is 19.1 Å². The summed E-state index contributed by atoms with van der Waals surface area (Å²) in [5.74, 6) is 0.794. The number of hydrogen-bond acceptors (Lipinski definition) is 4. The van der Waals surface area contributed by atoms with Gasteiger partial charge in [-0.15, -0.1) is 0 Å². The zero-order valence-electron chi connectivity index (χ0n) is 10.3. The van der Waals surface area contributed by atoms with E-state index in [1.165, 1.54) is 12.3 Å². The van der Waals surface area contributed by atoms with Gasteiger partial charge < -0.3 is 10.1 Å². The first-order valence-corrected chi connectivity index (χ1v) is 5.70. The lowest BCUT2D eigenvalue weighted by Gasteiger charge is -2.07. The molecule has 0 atom stereocenters. The Morgan fingerprint density at radius 2 is 2.11 bits per heavy atom. The normalized spacial score (nSPS) is 10.5. The Morgan fingerprint density at radius 1 is 1.26 bits per heavy atom. The van der Waals surface area contributed by atoms with Crippen molar-refractivity contribution in [3.05, 3.63) is 47.9 Å². The molecule has 0 saturated carbocycles. The average Bonchev–Trinajstić information content (AvgIpc) is 2.37. The maximum Gasteiger partial charge on any atom is 0.387 e. The molecular weight excluding hydrogens is 252 g/mol. The van der Waals surface area contributed by atoms with Crippen molar-refractivity contribution in [2.75, 3.05) is 5.32 Å². The van der Waals surface area contributed by atoms with Crippen LogP contribution in [0.4, 0.5) is 14.6 Å². The predicted molar refractivity (Wildman–Crippen MR) is 67.2 cm³/mol. The number of ether oxygens (including phenoxy) is 1. The van der Waals surface area contributed by atoms with Gasteiger partial charge in [0.1, 0.15) is 11.6 Å². The monoisotopic (exact) mass is 265 g/mol. The molecule has 0 amide bonds. The van der Waals surface area contributed by atoms with Gasteiger partial charge in [0.2, 0.25) is 0 Å². The minimum absolute atomic E-state index is 0.0485. The molecule has 1 N–H and O–H groups in total. The second-order valence-electron chi connectivity index (χ2n) is 3.94. The molecule has 0 bridgehead atoms. The molecule has 0 aliphatic heterocycles. The van der Waals surface area contributed by atoms with Crippen LogP contribution in [0.5, 0.6) is 5.75 Å². The summed E-state index contributed by atoms with van der Waals surface area (Å²) < 4.78 is 28.1. The van der Waals surface area contributed by atoms with Gasteiger partial charge in [-0.3, -0.25) is 4.98 Å². The van der Waals surface area contributed by atoms with Crippen LogP contribution in [-0.2, 0) is 6.54 Å². The Labute approximate surface area is 109 Å². The summed E-state index contributed by atoms with van der Waals surface area (Å²) in [6.45, 7) is -0.394. The number of anilines is 1. The number of alkyl halides is 2. The van der Waals surface area contributed by atoms with Gasteiger partial charge in [-0.25, -0.2) is 4.98 Å². The second-order valence-corrected chi connectivity index (χ2v) is 3.94. The lowest BCUT2D eigenvalue weighted by molar-refractivity contribution is -0.0500. The summed E-state index contributed by atoms with van der Waals surface area (Å²) >= 11 is 0. The van der Waals surface area contributed by atoms with E-state index in [0.29, 0.717) is 12.2 Å². The van der Waals surface area contributed by atoms with Crippen molar-refractivity contribution in [3.63, 3.8) is 0 Å². The third-order valence-corrected chi connectivity index (χ3v) is 2.39. The molecule has 4 nitrogen and oxygen atoms in total. The zero-order chi connectivity index (χ0) is 13.7. The SMILES string of the molecule is Cc1ccnc(NCc2ccc(OC(F)F)cn2)c1. The van der Waals surface area contributed by atoms with Crippen LogP contribution < -0.4 is 10.1 Å². The van der Waals surface area contributed by atoms with Gasteiger partial charge in [0.05, 0.1) is 18.4 Å². The van der Waals surface area contributed by atoms with Gasteiger partial charge in [-0.05, 0) is 36.8 Å². The van der Waals surface area contributed by atoms with Gasteiger partial charge in [0, 0.05) is 6.20 Å². The number of nitrogens with zero attached hydrogens (tertiary/aromatic N) is 2. The van der Waals surface area contributed by atoms with Crippen molar-refractivity contribution in [1.82, 2.24) is 9.97 Å². The predicted octanol–water partition coefficient (Wildman–Crippen LogP) is 3.00. The maximum atomic E-state index is 12.0. The molecule has 2 aromatic rings. The first kappa shape index (κ1) is 13.2. The van der Waals surface area contributed by atoms with Crippen LogP contribution >= 0.6 is 0 Å². The van der Waals surface area contributed by atoms with E-state index in [-0.39, 0.29) is 5.75 Å². The Kier molecular flexibility index (Phi) is 4.22. The van der Waals surface area contributed by atoms with Crippen LogP contribution in [0.25, 0.3) is 0 Å². The van der Waals surface area contributed by atoms with Crippen LogP contribution in [0.1, 0.15) is 11.3 Å². The number of hydrogen-bond donors (Lipinski definition) is 1. The third-order valence-electron chi connectivity index (χ3n) is 2.39. The van der Waals surface area contributed by atoms with Gasteiger partial charge in [0.25, 0.3) is 0 Å². The molecule has 0 radical (unpaired) electrons. The molecular formula is C13H13F2N3O. The highest BCUT2D eigenvalue weighted by molar-refractivity contribution is 5.37. The minimum atomic E-state index is -2.83. The highest BCUT2D eigenvalue weighted by atomic mass is 19.3. The number of rotatable bonds is 5. The van der Waals surface area contributed by atoms with Crippen LogP contribution in [0.3, 0.4) is 0 Å². The van der Waals surface area contributed by atoms with Crippen molar-refractivity contribution < 1.29 is 13.5 Å². The highest BCUT2D eigenvalue weighted by Gasteiger charge is 2.04. The van der Waals surface area contributed by atoms with Crippen LogP contribution in [0.15, 0.2) is 36.7 Å². The van der Waals surface area contributed by atoms with Crippen LogP contribution in [-0.4, -0.2) is 16.6 Å². The van der Waals surface area contributed by atoms with E-state index in [2.05, 4.69) is 20.0 Å². The van der Waals surface area contributed by atoms with E-state index in [9.17, 15) is 8.78 Å². The van der Waals surface area contributed by atoms with E-state index >= 15 is 0 Å². The average molecular weight is 265 g/mol. The molecule has 2 aromatic heterocycles. The molecule has 2 rings (SSSR count). The van der Waals surface area contributed by atoms with Crippen molar-refractivity contribution in [1.29, 1.82) is 0 Å². The minimum Gasteiger partial charge on any atom is -0.433 e. The molecule has 0 aliphatic rings. The summed E-state index contributed by atoms with van der Waals surface area (Å²) in [6.07, 6.45) is 2.98. The Morgan fingerprint density at radius 3 is 2.74 bits per heavy atom. The number of halogens is 2. The van der Waals surface area contributed by atoms with Gasteiger partial charge in [0.15, 0.2) is 0 Å². The third kappa shape index (κ3) is 4.17. The first-order valence-electron chi connectivity index (χ1n) is 5.70. The summed E-state index contributed by atoms with van der Waals surface area (Å²) in [4.78, 5) is 8.17. The molecule has 0 aliphatic carbocycles. The van der Waals surface area contributed by atoms with E-state index in [4.69, 9.17) is 0 Å². The molecule has 6 heteroatoms. The fourth-order valence-electron chi connectivity index (χ4n) is 1.50. The molecule has 0 saturated heterocycles. The summed E-state index contributed by atoms with van der Waals surface area (Å²) in [5.41, 5.74) is 1.82. The second kappa shape index (κ2) is 6.08. The van der Waals surface area contributed by atoms with E-state index < -0.39 is 6.61 Å². The van der Waals surface area contributed by atoms with Crippen molar-refractivity contribution in [2.24, 2.45) is 0 Å². The van der Waals surface area contributed by atoms with E-state index in [0.717, 1.165) is 11.4 Å². The summed E-state index contributed by atoms with van der Waals surface area (Å²) in [7, 11) is 0. The summed E-state index contributed by atoms with van der Waals surface area (Å²) in [5, 5.41) is 3.10. The Hall–Kier alpha value is -2.24. The molecule has 0 fully saturated rings. The molecule has 0 spiro atoms. The Balaban J connectivity index is 1.93. The quantitative estimate of drug-likeness (QED) is 0.902. The van der Waals surface area contributed by atoms with Crippen molar-refractivity contribution >= 4 is 5.82 Å².